The van der Waals surface area contributed by atoms with Gasteiger partial charge in [-0.3, -0.25) is 0 Å². The number of rotatable bonds is 4. The Morgan fingerprint density at radius 2 is 0.875 bits per heavy atom. The van der Waals surface area contributed by atoms with Crippen LogP contribution in [0.2, 0.25) is 0 Å². The molecule has 4 heteroatoms. The summed E-state index contributed by atoms with van der Waals surface area (Å²) in [4.78, 5) is 0. The first-order valence-electron chi connectivity index (χ1n) is 15.7. The Hall–Kier alpha value is -6.04. The van der Waals surface area contributed by atoms with Crippen LogP contribution in [0.1, 0.15) is 11.1 Å². The summed E-state index contributed by atoms with van der Waals surface area (Å²) in [5.74, 6) is 0. The molecule has 0 unspecified atom stereocenters. The predicted molar refractivity (Wildman–Crippen MR) is 203 cm³/mol. The van der Waals surface area contributed by atoms with Crippen LogP contribution in [-0.2, 0) is 0 Å². The molecule has 0 atom stereocenters. The monoisotopic (exact) mass is 644 g/mol. The maximum atomic E-state index is 9.98. The van der Waals surface area contributed by atoms with Crippen LogP contribution in [-0.4, -0.2) is 0 Å². The molecule has 0 bridgehead atoms. The molecule has 0 saturated heterocycles. The first-order chi connectivity index (χ1) is 23.7. The molecular weight excluding hydrogens is 621 g/mol. The van der Waals surface area contributed by atoms with E-state index >= 15 is 0 Å². The fourth-order valence-corrected chi connectivity index (χ4v) is 8.99. The highest BCUT2D eigenvalue weighted by molar-refractivity contribution is 7.26. The quantitative estimate of drug-likeness (QED) is 0.191. The summed E-state index contributed by atoms with van der Waals surface area (Å²) < 4.78 is 4.95. The zero-order valence-electron chi connectivity index (χ0n) is 25.6. The molecule has 2 heterocycles. The second-order valence-corrected chi connectivity index (χ2v) is 14.1. The third kappa shape index (κ3) is 4.67. The molecule has 0 spiro atoms. The van der Waals surface area contributed by atoms with Crippen molar-refractivity contribution in [1.29, 1.82) is 10.5 Å². The lowest BCUT2D eigenvalue weighted by atomic mass is 9.88. The lowest BCUT2D eigenvalue weighted by Crippen LogP contribution is -1.91. The fourth-order valence-electron chi connectivity index (χ4n) is 6.83. The van der Waals surface area contributed by atoms with Gasteiger partial charge in [-0.25, -0.2) is 0 Å². The largest absolute Gasteiger partial charge is 0.192 e. The van der Waals surface area contributed by atoms with Gasteiger partial charge in [-0.2, -0.15) is 10.5 Å². The van der Waals surface area contributed by atoms with Crippen molar-refractivity contribution in [1.82, 2.24) is 0 Å². The highest BCUT2D eigenvalue weighted by Crippen LogP contribution is 2.42. The average Bonchev–Trinajstić information content (AvgIpc) is 3.71. The molecule has 0 amide bonds. The molecular formula is C44H24N2S2. The molecule has 0 radical (unpaired) electrons. The van der Waals surface area contributed by atoms with Gasteiger partial charge in [0.15, 0.2) is 0 Å². The van der Waals surface area contributed by atoms with Crippen molar-refractivity contribution in [3.8, 4) is 56.6 Å². The Kier molecular flexibility index (Phi) is 6.66. The summed E-state index contributed by atoms with van der Waals surface area (Å²) in [5, 5.41) is 24.4. The van der Waals surface area contributed by atoms with Crippen molar-refractivity contribution in [3.63, 3.8) is 0 Å². The van der Waals surface area contributed by atoms with E-state index in [-0.39, 0.29) is 0 Å². The minimum absolute atomic E-state index is 0.655. The molecule has 9 aromatic rings. The van der Waals surface area contributed by atoms with E-state index in [2.05, 4.69) is 115 Å². The molecule has 0 aliphatic heterocycles. The van der Waals surface area contributed by atoms with E-state index in [4.69, 9.17) is 0 Å². The van der Waals surface area contributed by atoms with Crippen LogP contribution in [0, 0.1) is 22.7 Å². The highest BCUT2D eigenvalue weighted by atomic mass is 32.1. The van der Waals surface area contributed by atoms with Gasteiger partial charge in [0.1, 0.15) is 0 Å². The zero-order valence-corrected chi connectivity index (χ0v) is 27.2. The summed E-state index contributed by atoms with van der Waals surface area (Å²) in [6.45, 7) is 0. The van der Waals surface area contributed by atoms with Crippen molar-refractivity contribution in [2.45, 2.75) is 0 Å². The normalized spacial score (nSPS) is 11.3. The van der Waals surface area contributed by atoms with Crippen molar-refractivity contribution in [2.75, 3.05) is 0 Å². The summed E-state index contributed by atoms with van der Waals surface area (Å²) >= 11 is 3.58. The van der Waals surface area contributed by atoms with Gasteiger partial charge < -0.3 is 0 Å². The van der Waals surface area contributed by atoms with Gasteiger partial charge in [0.2, 0.25) is 0 Å². The summed E-state index contributed by atoms with van der Waals surface area (Å²) in [6, 6.07) is 55.8. The maximum Gasteiger partial charge on any atom is 0.0998 e. The SMILES string of the molecule is N#Cc1ccc2sc3ccc(-c4cc(-c5ccc6sc7ccccc7c6c5)cc(-c5ccccc5-c5ccccc5C#N)c4)cc3c2c1. The molecule has 0 fully saturated rings. The predicted octanol–water partition coefficient (Wildman–Crippen LogP) is 12.8. The van der Waals surface area contributed by atoms with Crippen LogP contribution in [0.15, 0.2) is 146 Å². The van der Waals surface area contributed by atoms with E-state index in [1.807, 2.05) is 53.8 Å². The van der Waals surface area contributed by atoms with Gasteiger partial charge in [-0.15, -0.1) is 22.7 Å². The van der Waals surface area contributed by atoms with E-state index < -0.39 is 0 Å². The zero-order chi connectivity index (χ0) is 32.2. The molecule has 48 heavy (non-hydrogen) atoms. The number of thiophene rings is 2. The van der Waals surface area contributed by atoms with Crippen LogP contribution in [0.3, 0.4) is 0 Å². The van der Waals surface area contributed by atoms with Crippen molar-refractivity contribution >= 4 is 63.0 Å². The summed E-state index contributed by atoms with van der Waals surface area (Å²) in [5.41, 5.74) is 9.95. The lowest BCUT2D eigenvalue weighted by Gasteiger charge is -2.15. The maximum absolute atomic E-state index is 9.98. The third-order valence-electron chi connectivity index (χ3n) is 9.15. The molecule has 0 saturated carbocycles. The molecule has 9 rings (SSSR count). The van der Waals surface area contributed by atoms with Crippen molar-refractivity contribution in [2.24, 2.45) is 0 Å². The van der Waals surface area contributed by atoms with Gasteiger partial charge in [0.05, 0.1) is 23.3 Å². The van der Waals surface area contributed by atoms with Crippen LogP contribution in [0.4, 0.5) is 0 Å². The number of nitrogens with zero attached hydrogens (tertiary/aromatic N) is 2. The lowest BCUT2D eigenvalue weighted by molar-refractivity contribution is 1.47. The molecule has 0 N–H and O–H groups in total. The molecule has 2 aromatic heterocycles. The van der Waals surface area contributed by atoms with Gasteiger partial charge in [0.25, 0.3) is 0 Å². The topological polar surface area (TPSA) is 47.6 Å². The van der Waals surface area contributed by atoms with Crippen molar-refractivity contribution in [3.05, 3.63) is 157 Å². The number of hydrogen-bond donors (Lipinski definition) is 0. The summed E-state index contributed by atoms with van der Waals surface area (Å²) in [7, 11) is 0. The minimum Gasteiger partial charge on any atom is -0.192 e. The second-order valence-electron chi connectivity index (χ2n) is 11.9. The molecule has 7 aromatic carbocycles. The van der Waals surface area contributed by atoms with Crippen LogP contribution in [0.25, 0.3) is 84.9 Å². The van der Waals surface area contributed by atoms with Gasteiger partial charge in [0, 0.05) is 45.9 Å². The smallest absolute Gasteiger partial charge is 0.0998 e. The third-order valence-corrected chi connectivity index (χ3v) is 11.5. The van der Waals surface area contributed by atoms with Gasteiger partial charge in [-0.05, 0) is 112 Å². The highest BCUT2D eigenvalue weighted by Gasteiger charge is 2.16. The van der Waals surface area contributed by atoms with E-state index in [9.17, 15) is 10.5 Å². The number of hydrogen-bond acceptors (Lipinski definition) is 4. The molecule has 0 aliphatic carbocycles. The summed E-state index contributed by atoms with van der Waals surface area (Å²) in [6.07, 6.45) is 0. The van der Waals surface area contributed by atoms with Crippen LogP contribution < -0.4 is 0 Å². The van der Waals surface area contributed by atoms with E-state index in [0.717, 1.165) is 55.3 Å². The van der Waals surface area contributed by atoms with Crippen molar-refractivity contribution < 1.29 is 0 Å². The average molecular weight is 645 g/mol. The second kappa shape index (κ2) is 11.3. The molecule has 222 valence electrons. The van der Waals surface area contributed by atoms with Gasteiger partial charge in [-0.1, -0.05) is 72.8 Å². The fraction of sp³-hybridized carbons (Fsp3) is 0. The Bertz CT molecular complexity index is 2820. The van der Waals surface area contributed by atoms with Crippen LogP contribution in [0.5, 0.6) is 0 Å². The van der Waals surface area contributed by atoms with E-state index in [1.165, 1.54) is 29.6 Å². The number of nitriles is 2. The first kappa shape index (κ1) is 28.2. The molecule has 2 nitrogen and oxygen atoms in total. The minimum atomic E-state index is 0.655. The standard InChI is InChI=1S/C44H24N2S2/c45-25-27-13-16-42-38(19-27)40-24-29(15-18-44(40)48-42)32-20-31(28-14-17-43-39(23-28)37-11-5-6-12-41(37)47-43)21-33(22-32)35-9-3-4-10-36(35)34-8-2-1-7-30(34)26-46/h1-24H. The molecule has 0 aliphatic rings. The number of fused-ring (bicyclic) bond motifs is 6. The van der Waals surface area contributed by atoms with Crippen LogP contribution >= 0.6 is 22.7 Å². The Morgan fingerprint density at radius 1 is 0.354 bits per heavy atom. The first-order valence-corrected chi connectivity index (χ1v) is 17.3. The Balaban J connectivity index is 1.29. The van der Waals surface area contributed by atoms with Gasteiger partial charge >= 0.3 is 0 Å². The Morgan fingerprint density at radius 3 is 1.56 bits per heavy atom. The van der Waals surface area contributed by atoms with E-state index in [1.54, 1.807) is 11.3 Å². The number of benzene rings is 7. The Labute approximate surface area is 285 Å². The van der Waals surface area contributed by atoms with E-state index in [0.29, 0.717) is 11.1 Å².